The van der Waals surface area contributed by atoms with Crippen molar-refractivity contribution in [3.8, 4) is 0 Å². The van der Waals surface area contributed by atoms with E-state index in [4.69, 9.17) is 4.74 Å². The predicted octanol–water partition coefficient (Wildman–Crippen LogP) is 1.70. The van der Waals surface area contributed by atoms with Gasteiger partial charge >= 0.3 is 11.8 Å². The van der Waals surface area contributed by atoms with Gasteiger partial charge in [-0.1, -0.05) is 0 Å². The van der Waals surface area contributed by atoms with E-state index in [1.807, 2.05) is 0 Å². The molecule has 0 radical (unpaired) electrons. The Bertz CT molecular complexity index is 1010. The van der Waals surface area contributed by atoms with Crippen LogP contribution in [0.3, 0.4) is 0 Å². The quantitative estimate of drug-likeness (QED) is 0.764. The van der Waals surface area contributed by atoms with Crippen LogP contribution in [0.5, 0.6) is 0 Å². The molecule has 1 fully saturated rings. The van der Waals surface area contributed by atoms with Crippen LogP contribution in [0.1, 0.15) is 43.1 Å². The molecule has 2 heterocycles. The highest BCUT2D eigenvalue weighted by Crippen LogP contribution is 2.21. The molecule has 1 aliphatic heterocycles. The molecule has 144 valence electrons. The Morgan fingerprint density at radius 3 is 2.44 bits per heavy atom. The Morgan fingerprint density at radius 2 is 1.85 bits per heavy atom. The Hall–Kier alpha value is -2.90. The number of carbonyl (C=O) groups excluding carboxylic acids is 2. The summed E-state index contributed by atoms with van der Waals surface area (Å²) in [6, 6.07) is 4.49. The third-order valence-electron chi connectivity index (χ3n) is 5.06. The summed E-state index contributed by atoms with van der Waals surface area (Å²) in [6.45, 7) is 4.34. The SMILES string of the molecule is CCOC(=O)N1CCC(n2c(=O)c3cc(C(C)=O)ccc3n(C)c2=O)CC1. The summed E-state index contributed by atoms with van der Waals surface area (Å²) in [5.74, 6) is -0.139. The zero-order valence-corrected chi connectivity index (χ0v) is 15.7. The van der Waals surface area contributed by atoms with E-state index in [9.17, 15) is 19.2 Å². The van der Waals surface area contributed by atoms with E-state index in [-0.39, 0.29) is 17.9 Å². The van der Waals surface area contributed by atoms with Gasteiger partial charge in [0.1, 0.15) is 0 Å². The molecule has 0 N–H and O–H groups in total. The fourth-order valence-corrected chi connectivity index (χ4v) is 3.54. The zero-order valence-electron chi connectivity index (χ0n) is 15.7. The number of amides is 1. The lowest BCUT2D eigenvalue weighted by Crippen LogP contribution is -2.46. The van der Waals surface area contributed by atoms with E-state index in [1.54, 1.807) is 37.1 Å². The predicted molar refractivity (Wildman–Crippen MR) is 100 cm³/mol. The number of hydrogen-bond donors (Lipinski definition) is 0. The van der Waals surface area contributed by atoms with Crippen LogP contribution >= 0.6 is 0 Å². The molecule has 8 heteroatoms. The summed E-state index contributed by atoms with van der Waals surface area (Å²) in [4.78, 5) is 50.9. The molecule has 1 aliphatic rings. The normalized spacial score (nSPS) is 15.1. The van der Waals surface area contributed by atoms with E-state index in [0.29, 0.717) is 49.0 Å². The van der Waals surface area contributed by atoms with Gasteiger partial charge in [-0.2, -0.15) is 0 Å². The van der Waals surface area contributed by atoms with Gasteiger partial charge in [-0.15, -0.1) is 0 Å². The van der Waals surface area contributed by atoms with Gasteiger partial charge in [-0.3, -0.25) is 18.7 Å². The van der Waals surface area contributed by atoms with E-state index in [2.05, 4.69) is 0 Å². The lowest BCUT2D eigenvalue weighted by molar-refractivity contribution is 0.0919. The zero-order chi connectivity index (χ0) is 19.7. The highest BCUT2D eigenvalue weighted by atomic mass is 16.6. The number of Topliss-reactive ketones (excluding diaryl/α,β-unsaturated/α-hetero) is 1. The van der Waals surface area contributed by atoms with Crippen LogP contribution in [-0.4, -0.2) is 45.6 Å². The van der Waals surface area contributed by atoms with E-state index in [1.165, 1.54) is 16.1 Å². The van der Waals surface area contributed by atoms with Gasteiger partial charge in [0.2, 0.25) is 0 Å². The number of likely N-dealkylation sites (tertiary alicyclic amines) is 1. The van der Waals surface area contributed by atoms with Crippen molar-refractivity contribution in [2.24, 2.45) is 7.05 Å². The standard InChI is InChI=1S/C19H23N3O5/c1-4-27-19(26)21-9-7-14(8-10-21)22-17(24)15-11-13(12(2)23)5-6-16(15)20(3)18(22)25/h5-6,11,14H,4,7-10H2,1-3H3. The maximum Gasteiger partial charge on any atom is 0.409 e. The lowest BCUT2D eigenvalue weighted by atomic mass is 10.0. The molecule has 0 saturated carbocycles. The van der Waals surface area contributed by atoms with Crippen LogP contribution in [0.2, 0.25) is 0 Å². The van der Waals surface area contributed by atoms with Crippen molar-refractivity contribution < 1.29 is 14.3 Å². The molecular formula is C19H23N3O5. The minimum absolute atomic E-state index is 0.139. The minimum atomic E-state index is -0.397. The largest absolute Gasteiger partial charge is 0.450 e. The van der Waals surface area contributed by atoms with Gasteiger partial charge in [0.05, 0.1) is 17.5 Å². The fraction of sp³-hybridized carbons (Fsp3) is 0.474. The van der Waals surface area contributed by atoms with Crippen LogP contribution in [0.15, 0.2) is 27.8 Å². The third-order valence-corrected chi connectivity index (χ3v) is 5.06. The molecule has 1 aromatic carbocycles. The Balaban J connectivity index is 2.00. The monoisotopic (exact) mass is 373 g/mol. The van der Waals surface area contributed by atoms with E-state index in [0.717, 1.165) is 0 Å². The minimum Gasteiger partial charge on any atom is -0.450 e. The summed E-state index contributed by atoms with van der Waals surface area (Å²) >= 11 is 0. The summed E-state index contributed by atoms with van der Waals surface area (Å²) in [7, 11) is 1.61. The van der Waals surface area contributed by atoms with Gasteiger partial charge in [0, 0.05) is 31.7 Å². The van der Waals surface area contributed by atoms with Crippen LogP contribution in [0.25, 0.3) is 10.9 Å². The number of aryl methyl sites for hydroxylation is 1. The molecular weight excluding hydrogens is 350 g/mol. The fourth-order valence-electron chi connectivity index (χ4n) is 3.54. The maximum absolute atomic E-state index is 13.0. The van der Waals surface area contributed by atoms with Crippen molar-refractivity contribution in [2.45, 2.75) is 32.7 Å². The smallest absolute Gasteiger partial charge is 0.409 e. The number of ketones is 1. The van der Waals surface area contributed by atoms with Crippen LogP contribution in [0.4, 0.5) is 4.79 Å². The second-order valence-corrected chi connectivity index (χ2v) is 6.72. The average molecular weight is 373 g/mol. The number of rotatable bonds is 3. The van der Waals surface area contributed by atoms with Gasteiger partial charge in [0.15, 0.2) is 5.78 Å². The first-order valence-electron chi connectivity index (χ1n) is 9.03. The molecule has 1 amide bonds. The average Bonchev–Trinajstić information content (AvgIpc) is 2.66. The summed E-state index contributed by atoms with van der Waals surface area (Å²) in [5, 5.41) is 0.345. The third kappa shape index (κ3) is 3.39. The molecule has 1 aromatic heterocycles. The number of benzene rings is 1. The number of nitrogens with zero attached hydrogens (tertiary/aromatic N) is 3. The number of fused-ring (bicyclic) bond motifs is 1. The van der Waals surface area contributed by atoms with Gasteiger partial charge < -0.3 is 9.64 Å². The van der Waals surface area contributed by atoms with Crippen molar-refractivity contribution in [1.29, 1.82) is 0 Å². The first kappa shape index (κ1) is 18.9. The molecule has 0 unspecified atom stereocenters. The first-order chi connectivity index (χ1) is 12.8. The lowest BCUT2D eigenvalue weighted by Gasteiger charge is -2.32. The molecule has 8 nitrogen and oxygen atoms in total. The molecule has 0 atom stereocenters. The molecule has 2 aromatic rings. The van der Waals surface area contributed by atoms with Crippen molar-refractivity contribution in [1.82, 2.24) is 14.0 Å². The highest BCUT2D eigenvalue weighted by Gasteiger charge is 2.27. The van der Waals surface area contributed by atoms with Crippen molar-refractivity contribution in [2.75, 3.05) is 19.7 Å². The van der Waals surface area contributed by atoms with Crippen molar-refractivity contribution in [3.05, 3.63) is 44.6 Å². The Labute approximate surface area is 156 Å². The maximum atomic E-state index is 13.0. The van der Waals surface area contributed by atoms with Gasteiger partial charge in [-0.25, -0.2) is 9.59 Å². The summed E-state index contributed by atoms with van der Waals surface area (Å²) < 4.78 is 7.69. The number of piperidine rings is 1. The van der Waals surface area contributed by atoms with Crippen molar-refractivity contribution >= 4 is 22.8 Å². The molecule has 27 heavy (non-hydrogen) atoms. The highest BCUT2D eigenvalue weighted by molar-refractivity contribution is 5.97. The number of hydrogen-bond acceptors (Lipinski definition) is 5. The summed E-state index contributed by atoms with van der Waals surface area (Å²) in [6.07, 6.45) is 0.610. The first-order valence-corrected chi connectivity index (χ1v) is 9.03. The number of carbonyl (C=O) groups is 2. The van der Waals surface area contributed by atoms with E-state index < -0.39 is 11.2 Å². The molecule has 0 bridgehead atoms. The molecule has 0 aliphatic carbocycles. The molecule has 1 saturated heterocycles. The second-order valence-electron chi connectivity index (χ2n) is 6.72. The van der Waals surface area contributed by atoms with E-state index >= 15 is 0 Å². The number of aromatic nitrogens is 2. The molecule has 3 rings (SSSR count). The van der Waals surface area contributed by atoms with Crippen LogP contribution in [0, 0.1) is 0 Å². The van der Waals surface area contributed by atoms with Gasteiger partial charge in [-0.05, 0) is 44.9 Å². The Kier molecular flexibility index (Phi) is 5.16. The second kappa shape index (κ2) is 7.38. The van der Waals surface area contributed by atoms with Crippen LogP contribution in [-0.2, 0) is 11.8 Å². The van der Waals surface area contributed by atoms with Crippen LogP contribution < -0.4 is 11.2 Å². The Morgan fingerprint density at radius 1 is 1.19 bits per heavy atom. The van der Waals surface area contributed by atoms with Gasteiger partial charge in [0.25, 0.3) is 5.56 Å². The summed E-state index contributed by atoms with van der Waals surface area (Å²) in [5.41, 5.74) is 0.139. The number of ether oxygens (including phenoxy) is 1. The van der Waals surface area contributed by atoms with Crippen molar-refractivity contribution in [3.63, 3.8) is 0 Å². The molecule has 0 spiro atoms. The topological polar surface area (TPSA) is 90.6 Å².